The molecule has 1 heterocycles. The Balaban J connectivity index is 2.32. The molecule has 0 spiro atoms. The maximum atomic E-state index is 11.9. The van der Waals surface area contributed by atoms with Crippen LogP contribution in [0.5, 0.6) is 0 Å². The molecule has 0 radical (unpaired) electrons. The number of carbonyl (C=O) groups excluding carboxylic acids is 3. The van der Waals surface area contributed by atoms with Gasteiger partial charge in [0.25, 0.3) is 5.56 Å². The number of nitrogens with one attached hydrogen (secondary N) is 1. The van der Waals surface area contributed by atoms with Crippen LogP contribution in [0.1, 0.15) is 29.8 Å². The molecule has 0 aromatic carbocycles. The normalized spacial score (nSPS) is 20.4. The lowest BCUT2D eigenvalue weighted by molar-refractivity contribution is -0.139. The molecule has 2 rings (SSSR count). The largest absolute Gasteiger partial charge is 0.326 e. The second-order valence-corrected chi connectivity index (χ2v) is 3.86. The van der Waals surface area contributed by atoms with Crippen molar-refractivity contribution >= 4 is 17.3 Å². The highest BCUT2D eigenvalue weighted by atomic mass is 16.2. The Hall–Kier alpha value is -2.11. The van der Waals surface area contributed by atoms with Crippen LogP contribution in [0.2, 0.25) is 0 Å². The van der Waals surface area contributed by atoms with Crippen LogP contribution in [0.25, 0.3) is 0 Å². The molecule has 1 aliphatic carbocycles. The van der Waals surface area contributed by atoms with E-state index in [4.69, 9.17) is 0 Å². The van der Waals surface area contributed by atoms with E-state index in [1.54, 1.807) is 0 Å². The Morgan fingerprint density at radius 3 is 2.82 bits per heavy atom. The summed E-state index contributed by atoms with van der Waals surface area (Å²) >= 11 is 0. The van der Waals surface area contributed by atoms with Gasteiger partial charge in [0.2, 0.25) is 5.78 Å². The first-order chi connectivity index (χ1) is 8.11. The number of nitrogens with zero attached hydrogens (tertiary/aromatic N) is 1. The topological polar surface area (TPSA) is 97.0 Å². The molecule has 17 heavy (non-hydrogen) atoms. The summed E-state index contributed by atoms with van der Waals surface area (Å²) < 4.78 is 0. The Labute approximate surface area is 96.1 Å². The van der Waals surface area contributed by atoms with Crippen LogP contribution in [0.4, 0.5) is 0 Å². The third-order valence-corrected chi connectivity index (χ3v) is 2.75. The van der Waals surface area contributed by atoms with E-state index in [9.17, 15) is 19.2 Å². The number of rotatable bonds is 2. The molecular weight excluding hydrogens is 224 g/mol. The van der Waals surface area contributed by atoms with Gasteiger partial charge in [-0.1, -0.05) is 0 Å². The zero-order chi connectivity index (χ0) is 12.4. The predicted molar refractivity (Wildman–Crippen MR) is 56.5 cm³/mol. The SMILES string of the molecule is O=C1CCCC(C(=O)c2ncc[nH]c2=O)C1=O. The van der Waals surface area contributed by atoms with Gasteiger partial charge < -0.3 is 4.98 Å². The van der Waals surface area contributed by atoms with Gasteiger partial charge in [-0.15, -0.1) is 0 Å². The van der Waals surface area contributed by atoms with Gasteiger partial charge in [0.15, 0.2) is 17.3 Å². The lowest BCUT2D eigenvalue weighted by atomic mass is 9.83. The first-order valence-electron chi connectivity index (χ1n) is 5.26. The minimum atomic E-state index is -1.03. The fraction of sp³-hybridized carbons (Fsp3) is 0.364. The molecule has 88 valence electrons. The van der Waals surface area contributed by atoms with Crippen LogP contribution in [0, 0.1) is 5.92 Å². The number of ketones is 3. The molecular formula is C11H10N2O4. The summed E-state index contributed by atoms with van der Waals surface area (Å²) in [5, 5.41) is 0. The Morgan fingerprint density at radius 2 is 2.12 bits per heavy atom. The zero-order valence-corrected chi connectivity index (χ0v) is 8.93. The summed E-state index contributed by atoms with van der Waals surface area (Å²) in [7, 11) is 0. The maximum Gasteiger partial charge on any atom is 0.277 e. The number of hydrogen-bond acceptors (Lipinski definition) is 5. The third-order valence-electron chi connectivity index (χ3n) is 2.75. The molecule has 1 aliphatic rings. The second-order valence-electron chi connectivity index (χ2n) is 3.86. The van der Waals surface area contributed by atoms with Gasteiger partial charge in [-0.25, -0.2) is 4.98 Å². The Morgan fingerprint density at radius 1 is 1.35 bits per heavy atom. The van der Waals surface area contributed by atoms with Crippen molar-refractivity contribution in [1.82, 2.24) is 9.97 Å². The van der Waals surface area contributed by atoms with Gasteiger partial charge in [-0.2, -0.15) is 0 Å². The quantitative estimate of drug-likeness (QED) is 0.437. The molecule has 1 fully saturated rings. The van der Waals surface area contributed by atoms with Gasteiger partial charge in [0.1, 0.15) is 0 Å². The van der Waals surface area contributed by atoms with Crippen molar-refractivity contribution in [3.05, 3.63) is 28.4 Å². The first-order valence-corrected chi connectivity index (χ1v) is 5.26. The van der Waals surface area contributed by atoms with Crippen LogP contribution in [0.15, 0.2) is 17.2 Å². The average Bonchev–Trinajstić information content (AvgIpc) is 2.32. The van der Waals surface area contributed by atoms with Crippen molar-refractivity contribution in [2.24, 2.45) is 5.92 Å². The molecule has 1 aromatic rings. The zero-order valence-electron chi connectivity index (χ0n) is 8.93. The van der Waals surface area contributed by atoms with Gasteiger partial charge in [-0.05, 0) is 12.8 Å². The van der Waals surface area contributed by atoms with Crippen LogP contribution in [-0.2, 0) is 9.59 Å². The molecule has 0 aliphatic heterocycles. The lowest BCUT2D eigenvalue weighted by Gasteiger charge is -2.17. The van der Waals surface area contributed by atoms with Crippen LogP contribution in [-0.4, -0.2) is 27.3 Å². The van der Waals surface area contributed by atoms with E-state index < -0.39 is 28.8 Å². The molecule has 1 saturated carbocycles. The number of aromatic nitrogens is 2. The lowest BCUT2D eigenvalue weighted by Crippen LogP contribution is -2.36. The Bertz CT molecular complexity index is 546. The number of aromatic amines is 1. The minimum absolute atomic E-state index is 0.182. The predicted octanol–water partition coefficient (Wildman–Crippen LogP) is -0.109. The van der Waals surface area contributed by atoms with E-state index in [2.05, 4.69) is 9.97 Å². The highest BCUT2D eigenvalue weighted by Gasteiger charge is 2.36. The highest BCUT2D eigenvalue weighted by Crippen LogP contribution is 2.20. The smallest absolute Gasteiger partial charge is 0.277 e. The monoisotopic (exact) mass is 234 g/mol. The van der Waals surface area contributed by atoms with Crippen molar-refractivity contribution < 1.29 is 14.4 Å². The number of carbonyl (C=O) groups is 3. The molecule has 6 heteroatoms. The van der Waals surface area contributed by atoms with Gasteiger partial charge in [0.05, 0.1) is 5.92 Å². The number of hydrogen-bond donors (Lipinski definition) is 1. The van der Waals surface area contributed by atoms with Crippen LogP contribution >= 0.6 is 0 Å². The van der Waals surface area contributed by atoms with E-state index in [0.717, 1.165) is 0 Å². The molecule has 0 amide bonds. The third kappa shape index (κ3) is 2.06. The summed E-state index contributed by atoms with van der Waals surface area (Å²) in [5.41, 5.74) is -0.941. The van der Waals surface area contributed by atoms with E-state index in [-0.39, 0.29) is 12.1 Å². The van der Waals surface area contributed by atoms with Crippen LogP contribution < -0.4 is 5.56 Å². The van der Waals surface area contributed by atoms with Crippen molar-refractivity contribution in [3.63, 3.8) is 0 Å². The van der Waals surface area contributed by atoms with Gasteiger partial charge in [0, 0.05) is 18.8 Å². The maximum absolute atomic E-state index is 11.9. The van der Waals surface area contributed by atoms with E-state index in [1.807, 2.05) is 0 Å². The second kappa shape index (κ2) is 4.40. The summed E-state index contributed by atoms with van der Waals surface area (Å²) in [6.07, 6.45) is 3.54. The summed E-state index contributed by atoms with van der Waals surface area (Å²) in [4.78, 5) is 52.0. The van der Waals surface area contributed by atoms with Crippen molar-refractivity contribution in [2.45, 2.75) is 19.3 Å². The van der Waals surface area contributed by atoms with E-state index in [0.29, 0.717) is 12.8 Å². The summed E-state index contributed by atoms with van der Waals surface area (Å²) in [6.45, 7) is 0. The molecule has 1 unspecified atom stereocenters. The first kappa shape index (κ1) is 11.4. The van der Waals surface area contributed by atoms with Crippen molar-refractivity contribution in [3.8, 4) is 0 Å². The molecule has 0 saturated heterocycles. The number of Topliss-reactive ketones (excluding diaryl/α,β-unsaturated/α-hetero) is 3. The number of H-pyrrole nitrogens is 1. The minimum Gasteiger partial charge on any atom is -0.326 e. The van der Waals surface area contributed by atoms with Gasteiger partial charge in [-0.3, -0.25) is 19.2 Å². The molecule has 6 nitrogen and oxygen atoms in total. The van der Waals surface area contributed by atoms with Gasteiger partial charge >= 0.3 is 0 Å². The molecule has 1 N–H and O–H groups in total. The van der Waals surface area contributed by atoms with E-state index >= 15 is 0 Å². The molecule has 1 aromatic heterocycles. The summed E-state index contributed by atoms with van der Waals surface area (Å²) in [5.74, 6) is -2.94. The Kier molecular flexibility index (Phi) is 2.95. The van der Waals surface area contributed by atoms with E-state index in [1.165, 1.54) is 12.4 Å². The highest BCUT2D eigenvalue weighted by molar-refractivity contribution is 6.42. The van der Waals surface area contributed by atoms with Crippen molar-refractivity contribution in [1.29, 1.82) is 0 Å². The average molecular weight is 234 g/mol. The van der Waals surface area contributed by atoms with Crippen LogP contribution in [0.3, 0.4) is 0 Å². The molecule has 1 atom stereocenters. The standard InChI is InChI=1S/C11H10N2O4/c14-7-3-1-2-6(9(7)15)10(16)8-11(17)13-5-4-12-8/h4-6H,1-3H2,(H,13,17). The summed E-state index contributed by atoms with van der Waals surface area (Å²) in [6, 6.07) is 0. The molecule has 0 bridgehead atoms. The fourth-order valence-corrected chi connectivity index (χ4v) is 1.86. The fourth-order valence-electron chi connectivity index (χ4n) is 1.86. The van der Waals surface area contributed by atoms with Crippen molar-refractivity contribution in [2.75, 3.05) is 0 Å².